The summed E-state index contributed by atoms with van der Waals surface area (Å²) in [6, 6.07) is 5.36. The number of nitro benzene ring substituents is 1. The van der Waals surface area contributed by atoms with Crippen molar-refractivity contribution in [2.24, 2.45) is 0 Å². The zero-order valence-electron chi connectivity index (χ0n) is 8.93. The number of amides is 1. The van der Waals surface area contributed by atoms with E-state index in [0.29, 0.717) is 5.69 Å². The van der Waals surface area contributed by atoms with Gasteiger partial charge in [0.25, 0.3) is 11.6 Å². The fourth-order valence-corrected chi connectivity index (χ4v) is 0.951. The van der Waals surface area contributed by atoms with Gasteiger partial charge in [0.05, 0.1) is 4.92 Å². The largest absolute Gasteiger partial charge is 0.381 e. The normalized spacial score (nSPS) is 10.9. The van der Waals surface area contributed by atoms with Crippen molar-refractivity contribution >= 4 is 17.3 Å². The molecule has 0 radical (unpaired) electrons. The van der Waals surface area contributed by atoms with Crippen LogP contribution in [0.1, 0.15) is 13.8 Å². The summed E-state index contributed by atoms with van der Waals surface area (Å²) >= 11 is 0. The predicted octanol–water partition coefficient (Wildman–Crippen LogP) is 1.30. The molecule has 6 nitrogen and oxygen atoms in total. The second-order valence-corrected chi connectivity index (χ2v) is 3.82. The highest BCUT2D eigenvalue weighted by Crippen LogP contribution is 2.16. The summed E-state index contributed by atoms with van der Waals surface area (Å²) < 4.78 is 0. The van der Waals surface area contributed by atoms with E-state index in [4.69, 9.17) is 0 Å². The number of hydrogen-bond donors (Lipinski definition) is 2. The maximum atomic E-state index is 11.4. The van der Waals surface area contributed by atoms with Gasteiger partial charge in [-0.25, -0.2) is 0 Å². The highest BCUT2D eigenvalue weighted by molar-refractivity contribution is 5.96. The molecular weight excluding hydrogens is 212 g/mol. The number of nitro groups is 1. The number of carbonyl (C=O) groups is 1. The molecule has 16 heavy (non-hydrogen) atoms. The van der Waals surface area contributed by atoms with Crippen molar-refractivity contribution in [1.82, 2.24) is 0 Å². The maximum Gasteiger partial charge on any atom is 0.269 e. The number of anilines is 1. The van der Waals surface area contributed by atoms with E-state index in [1.54, 1.807) is 0 Å². The van der Waals surface area contributed by atoms with Gasteiger partial charge in [-0.2, -0.15) is 0 Å². The molecule has 0 fully saturated rings. The van der Waals surface area contributed by atoms with Gasteiger partial charge >= 0.3 is 0 Å². The summed E-state index contributed by atoms with van der Waals surface area (Å²) in [5, 5.41) is 22.2. The topological polar surface area (TPSA) is 92.5 Å². The van der Waals surface area contributed by atoms with E-state index in [0.717, 1.165) is 0 Å². The SMILES string of the molecule is CC(C)(O)C(=O)Nc1ccc([N+](=O)[O-])cc1. The van der Waals surface area contributed by atoms with Crippen molar-refractivity contribution in [1.29, 1.82) is 0 Å². The molecule has 0 unspecified atom stereocenters. The van der Waals surface area contributed by atoms with Crippen molar-refractivity contribution in [2.75, 3.05) is 5.32 Å². The zero-order chi connectivity index (χ0) is 12.3. The average molecular weight is 224 g/mol. The third kappa shape index (κ3) is 3.03. The number of aliphatic hydroxyl groups is 1. The number of hydrogen-bond acceptors (Lipinski definition) is 4. The zero-order valence-corrected chi connectivity index (χ0v) is 8.93. The lowest BCUT2D eigenvalue weighted by Crippen LogP contribution is -2.36. The molecule has 0 spiro atoms. The highest BCUT2D eigenvalue weighted by atomic mass is 16.6. The van der Waals surface area contributed by atoms with E-state index in [1.165, 1.54) is 38.1 Å². The monoisotopic (exact) mass is 224 g/mol. The number of nitrogens with one attached hydrogen (secondary N) is 1. The molecule has 1 aromatic carbocycles. The van der Waals surface area contributed by atoms with Crippen molar-refractivity contribution in [2.45, 2.75) is 19.4 Å². The first-order valence-corrected chi connectivity index (χ1v) is 4.59. The van der Waals surface area contributed by atoms with Gasteiger partial charge in [0, 0.05) is 17.8 Å². The van der Waals surface area contributed by atoms with Crippen LogP contribution in [0.3, 0.4) is 0 Å². The molecular formula is C10H12N2O4. The smallest absolute Gasteiger partial charge is 0.269 e. The number of benzene rings is 1. The molecule has 0 aliphatic heterocycles. The van der Waals surface area contributed by atoms with Crippen LogP contribution in [0.25, 0.3) is 0 Å². The molecule has 2 N–H and O–H groups in total. The molecule has 0 bridgehead atoms. The molecule has 0 saturated heterocycles. The summed E-state index contributed by atoms with van der Waals surface area (Å²) in [6.07, 6.45) is 0. The van der Waals surface area contributed by atoms with Gasteiger partial charge in [-0.15, -0.1) is 0 Å². The Kier molecular flexibility index (Phi) is 3.24. The Balaban J connectivity index is 2.77. The molecule has 0 aliphatic carbocycles. The Hall–Kier alpha value is -1.95. The Morgan fingerprint density at radius 3 is 2.25 bits per heavy atom. The fraction of sp³-hybridized carbons (Fsp3) is 0.300. The molecule has 1 amide bonds. The lowest BCUT2D eigenvalue weighted by Gasteiger charge is -2.16. The van der Waals surface area contributed by atoms with Gasteiger partial charge in [-0.1, -0.05) is 0 Å². The predicted molar refractivity (Wildman–Crippen MR) is 58.0 cm³/mol. The number of nitrogens with zero attached hydrogens (tertiary/aromatic N) is 1. The third-order valence-electron chi connectivity index (χ3n) is 1.89. The Bertz CT molecular complexity index is 406. The number of carbonyl (C=O) groups excluding carboxylic acids is 1. The van der Waals surface area contributed by atoms with Crippen LogP contribution in [0.4, 0.5) is 11.4 Å². The molecule has 86 valence electrons. The Morgan fingerprint density at radius 1 is 1.38 bits per heavy atom. The summed E-state index contributed by atoms with van der Waals surface area (Å²) in [4.78, 5) is 21.2. The standard InChI is InChI=1S/C10H12N2O4/c1-10(2,14)9(13)11-7-3-5-8(6-4-7)12(15)16/h3-6,14H,1-2H3,(H,11,13). The van der Waals surface area contributed by atoms with Gasteiger partial charge in [-0.05, 0) is 26.0 Å². The number of rotatable bonds is 3. The second-order valence-electron chi connectivity index (χ2n) is 3.82. The minimum Gasteiger partial charge on any atom is -0.381 e. The second kappa shape index (κ2) is 4.28. The maximum absolute atomic E-state index is 11.4. The minimum absolute atomic E-state index is 0.0544. The van der Waals surface area contributed by atoms with Crippen LogP contribution in [0.2, 0.25) is 0 Å². The summed E-state index contributed by atoms with van der Waals surface area (Å²) in [5.74, 6) is -0.568. The minimum atomic E-state index is -1.48. The van der Waals surface area contributed by atoms with E-state index >= 15 is 0 Å². The van der Waals surface area contributed by atoms with E-state index in [1.807, 2.05) is 0 Å². The van der Waals surface area contributed by atoms with Gasteiger partial charge < -0.3 is 10.4 Å². The molecule has 6 heteroatoms. The van der Waals surface area contributed by atoms with Crippen LogP contribution in [0.15, 0.2) is 24.3 Å². The van der Waals surface area contributed by atoms with Crippen LogP contribution in [0.5, 0.6) is 0 Å². The molecule has 0 aromatic heterocycles. The first kappa shape index (κ1) is 12.1. The highest BCUT2D eigenvalue weighted by Gasteiger charge is 2.23. The summed E-state index contributed by atoms with van der Waals surface area (Å²) in [7, 11) is 0. The van der Waals surface area contributed by atoms with Crippen LogP contribution in [-0.4, -0.2) is 21.5 Å². The van der Waals surface area contributed by atoms with E-state index in [2.05, 4.69) is 5.32 Å². The fourth-order valence-electron chi connectivity index (χ4n) is 0.951. The molecule has 1 aromatic rings. The van der Waals surface area contributed by atoms with Gasteiger partial charge in [0.15, 0.2) is 0 Å². The number of non-ortho nitro benzene ring substituents is 1. The van der Waals surface area contributed by atoms with Gasteiger partial charge in [0.2, 0.25) is 0 Å². The van der Waals surface area contributed by atoms with Gasteiger partial charge in [-0.3, -0.25) is 14.9 Å². The van der Waals surface area contributed by atoms with Crippen LogP contribution in [-0.2, 0) is 4.79 Å². The average Bonchev–Trinajstić information content (AvgIpc) is 2.17. The molecule has 1 rings (SSSR count). The van der Waals surface area contributed by atoms with Crippen molar-refractivity contribution < 1.29 is 14.8 Å². The molecule has 0 saturated carbocycles. The van der Waals surface area contributed by atoms with E-state index < -0.39 is 16.4 Å². The first-order chi connectivity index (χ1) is 7.30. The van der Waals surface area contributed by atoms with Crippen LogP contribution in [0, 0.1) is 10.1 Å². The third-order valence-corrected chi connectivity index (χ3v) is 1.89. The van der Waals surface area contributed by atoms with Crippen LogP contribution >= 0.6 is 0 Å². The molecule has 0 aliphatic rings. The Morgan fingerprint density at radius 2 is 1.88 bits per heavy atom. The van der Waals surface area contributed by atoms with Crippen molar-refractivity contribution in [3.8, 4) is 0 Å². The summed E-state index contributed by atoms with van der Waals surface area (Å²) in [6.45, 7) is 2.71. The lowest BCUT2D eigenvalue weighted by atomic mass is 10.1. The quantitative estimate of drug-likeness (QED) is 0.598. The Labute approximate surface area is 92.0 Å². The summed E-state index contributed by atoms with van der Waals surface area (Å²) in [5.41, 5.74) is -1.14. The van der Waals surface area contributed by atoms with E-state index in [9.17, 15) is 20.0 Å². The molecule has 0 heterocycles. The van der Waals surface area contributed by atoms with Gasteiger partial charge in [0.1, 0.15) is 5.60 Å². The van der Waals surface area contributed by atoms with Crippen molar-refractivity contribution in [3.05, 3.63) is 34.4 Å². The molecule has 0 atom stereocenters. The lowest BCUT2D eigenvalue weighted by molar-refractivity contribution is -0.384. The van der Waals surface area contributed by atoms with E-state index in [-0.39, 0.29) is 5.69 Å². The first-order valence-electron chi connectivity index (χ1n) is 4.59. The van der Waals surface area contributed by atoms with Crippen LogP contribution < -0.4 is 5.32 Å². The van der Waals surface area contributed by atoms with Crippen molar-refractivity contribution in [3.63, 3.8) is 0 Å².